The largest absolute Gasteiger partial charge is 0.361 e. The Bertz CT molecular complexity index is 640. The van der Waals surface area contributed by atoms with E-state index >= 15 is 0 Å². The lowest BCUT2D eigenvalue weighted by Crippen LogP contribution is -2.36. The smallest absolute Gasteiger partial charge is 0.228 e. The number of aromatic nitrogens is 1. The van der Waals surface area contributed by atoms with E-state index in [1.54, 1.807) is 16.8 Å². The maximum Gasteiger partial charge on any atom is 0.228 e. The summed E-state index contributed by atoms with van der Waals surface area (Å²) in [5.41, 5.74) is 2.06. The number of likely N-dealkylation sites (N-methyl/N-ethyl adjacent to an activating group) is 1. The highest BCUT2D eigenvalue weighted by Crippen LogP contribution is 2.26. The Balaban J connectivity index is 1.57. The van der Waals surface area contributed by atoms with E-state index in [0.29, 0.717) is 26.1 Å². The van der Waals surface area contributed by atoms with Crippen LogP contribution < -0.4 is 0 Å². The average Bonchev–Trinajstić information content (AvgIpc) is 3.16. The van der Waals surface area contributed by atoms with Gasteiger partial charge in [-0.3, -0.25) is 9.59 Å². The molecular weight excluding hydrogens is 320 g/mol. The standard InChI is InChI=1S/C18H28N4O3/c1-20(2)8-9-22-11-13(10-17(22)23)18(24)21(3)12-15-14-6-4-5-7-16(14)25-19-15/h13H,4-12H2,1-3H3. The summed E-state index contributed by atoms with van der Waals surface area (Å²) < 4.78 is 5.43. The van der Waals surface area contributed by atoms with Gasteiger partial charge < -0.3 is 19.2 Å². The number of amides is 2. The minimum atomic E-state index is -0.248. The lowest BCUT2D eigenvalue weighted by Gasteiger charge is -2.22. The van der Waals surface area contributed by atoms with Crippen molar-refractivity contribution in [3.8, 4) is 0 Å². The third kappa shape index (κ3) is 4.03. The molecule has 1 aromatic heterocycles. The van der Waals surface area contributed by atoms with Gasteiger partial charge in [0.25, 0.3) is 0 Å². The van der Waals surface area contributed by atoms with Gasteiger partial charge in [-0.25, -0.2) is 0 Å². The van der Waals surface area contributed by atoms with Gasteiger partial charge in [0.1, 0.15) is 11.5 Å². The fraction of sp³-hybridized carbons (Fsp3) is 0.722. The number of rotatable bonds is 6. The van der Waals surface area contributed by atoms with Gasteiger partial charge in [-0.15, -0.1) is 0 Å². The molecule has 3 rings (SSSR count). The van der Waals surface area contributed by atoms with E-state index in [1.165, 1.54) is 5.56 Å². The summed E-state index contributed by atoms with van der Waals surface area (Å²) in [4.78, 5) is 30.4. The van der Waals surface area contributed by atoms with Crippen molar-refractivity contribution in [2.45, 2.75) is 38.6 Å². The Kier molecular flexibility index (Phi) is 5.42. The van der Waals surface area contributed by atoms with Gasteiger partial charge in [0.15, 0.2) is 0 Å². The first-order valence-corrected chi connectivity index (χ1v) is 9.09. The molecule has 138 valence electrons. The van der Waals surface area contributed by atoms with Crippen LogP contribution in [0.15, 0.2) is 4.52 Å². The molecule has 2 heterocycles. The van der Waals surface area contributed by atoms with Crippen molar-refractivity contribution < 1.29 is 14.1 Å². The first-order chi connectivity index (χ1) is 12.0. The van der Waals surface area contributed by atoms with Crippen molar-refractivity contribution in [3.63, 3.8) is 0 Å². The SMILES string of the molecule is CN(C)CCN1CC(C(=O)N(C)Cc2noc3c2CCCC3)CC1=O. The Morgan fingerprint density at radius 3 is 2.80 bits per heavy atom. The molecule has 1 fully saturated rings. The lowest BCUT2D eigenvalue weighted by molar-refractivity contribution is -0.135. The fourth-order valence-corrected chi connectivity index (χ4v) is 3.66. The zero-order valence-electron chi connectivity index (χ0n) is 15.5. The van der Waals surface area contributed by atoms with Crippen LogP contribution in [0.1, 0.15) is 36.3 Å². The molecule has 25 heavy (non-hydrogen) atoms. The van der Waals surface area contributed by atoms with Crippen LogP contribution in [0.25, 0.3) is 0 Å². The predicted octanol–water partition coefficient (Wildman–Crippen LogP) is 0.922. The predicted molar refractivity (Wildman–Crippen MR) is 92.9 cm³/mol. The molecule has 7 nitrogen and oxygen atoms in total. The number of hydrogen-bond acceptors (Lipinski definition) is 5. The molecule has 1 aliphatic carbocycles. The minimum absolute atomic E-state index is 0.0215. The zero-order chi connectivity index (χ0) is 18.0. The van der Waals surface area contributed by atoms with Crippen LogP contribution in [0.2, 0.25) is 0 Å². The maximum absolute atomic E-state index is 12.7. The van der Waals surface area contributed by atoms with Gasteiger partial charge in [0.2, 0.25) is 11.8 Å². The molecule has 2 aliphatic rings. The first-order valence-electron chi connectivity index (χ1n) is 9.09. The summed E-state index contributed by atoms with van der Waals surface area (Å²) in [6.45, 7) is 2.47. The Morgan fingerprint density at radius 2 is 2.04 bits per heavy atom. The van der Waals surface area contributed by atoms with Crippen LogP contribution in [-0.2, 0) is 29.0 Å². The normalized spacial score (nSPS) is 20.2. The maximum atomic E-state index is 12.7. The molecule has 0 bridgehead atoms. The van der Waals surface area contributed by atoms with E-state index in [-0.39, 0.29) is 17.7 Å². The number of nitrogens with zero attached hydrogens (tertiary/aromatic N) is 4. The van der Waals surface area contributed by atoms with Crippen molar-refractivity contribution in [2.24, 2.45) is 5.92 Å². The van der Waals surface area contributed by atoms with Crippen LogP contribution >= 0.6 is 0 Å². The molecule has 0 spiro atoms. The van der Waals surface area contributed by atoms with Crippen molar-refractivity contribution >= 4 is 11.8 Å². The molecule has 1 aliphatic heterocycles. The Labute approximate surface area is 148 Å². The summed E-state index contributed by atoms with van der Waals surface area (Å²) in [5, 5.41) is 4.17. The van der Waals surface area contributed by atoms with Crippen LogP contribution in [-0.4, -0.2) is 72.4 Å². The molecule has 1 aromatic rings. The molecule has 0 N–H and O–H groups in total. The summed E-state index contributed by atoms with van der Waals surface area (Å²) in [5.74, 6) is 0.830. The second kappa shape index (κ2) is 7.56. The lowest BCUT2D eigenvalue weighted by atomic mass is 9.96. The van der Waals surface area contributed by atoms with Crippen LogP contribution in [0.5, 0.6) is 0 Å². The highest BCUT2D eigenvalue weighted by Gasteiger charge is 2.36. The van der Waals surface area contributed by atoms with Crippen LogP contribution in [0.4, 0.5) is 0 Å². The van der Waals surface area contributed by atoms with Crippen molar-refractivity contribution in [1.82, 2.24) is 19.9 Å². The van der Waals surface area contributed by atoms with E-state index in [4.69, 9.17) is 4.52 Å². The average molecular weight is 348 g/mol. The molecule has 7 heteroatoms. The van der Waals surface area contributed by atoms with Gasteiger partial charge in [-0.2, -0.15) is 0 Å². The van der Waals surface area contributed by atoms with Crippen molar-refractivity contribution in [3.05, 3.63) is 17.0 Å². The first kappa shape index (κ1) is 17.9. The highest BCUT2D eigenvalue weighted by atomic mass is 16.5. The molecule has 0 aromatic carbocycles. The van der Waals surface area contributed by atoms with Gasteiger partial charge in [0, 0.05) is 45.1 Å². The van der Waals surface area contributed by atoms with E-state index in [0.717, 1.165) is 43.7 Å². The highest BCUT2D eigenvalue weighted by molar-refractivity contribution is 5.89. The number of carbonyl (C=O) groups excluding carboxylic acids is 2. The third-order valence-electron chi connectivity index (χ3n) is 5.18. The molecule has 1 saturated heterocycles. The number of likely N-dealkylation sites (tertiary alicyclic amines) is 1. The molecule has 0 saturated carbocycles. The van der Waals surface area contributed by atoms with Crippen LogP contribution in [0.3, 0.4) is 0 Å². The van der Waals surface area contributed by atoms with Gasteiger partial charge >= 0.3 is 0 Å². The summed E-state index contributed by atoms with van der Waals surface area (Å²) in [6, 6.07) is 0. The second-order valence-corrected chi connectivity index (χ2v) is 7.48. The van der Waals surface area contributed by atoms with Crippen molar-refractivity contribution in [1.29, 1.82) is 0 Å². The molecule has 1 unspecified atom stereocenters. The monoisotopic (exact) mass is 348 g/mol. The van der Waals surface area contributed by atoms with Gasteiger partial charge in [-0.05, 0) is 33.4 Å². The topological polar surface area (TPSA) is 69.9 Å². The Morgan fingerprint density at radius 1 is 1.28 bits per heavy atom. The molecule has 2 amide bonds. The number of carbonyl (C=O) groups is 2. The molecule has 0 radical (unpaired) electrons. The van der Waals surface area contributed by atoms with E-state index < -0.39 is 0 Å². The van der Waals surface area contributed by atoms with Crippen molar-refractivity contribution in [2.75, 3.05) is 40.8 Å². The summed E-state index contributed by atoms with van der Waals surface area (Å²) in [7, 11) is 5.75. The molecular formula is C18H28N4O3. The number of aryl methyl sites for hydroxylation is 1. The minimum Gasteiger partial charge on any atom is -0.361 e. The van der Waals surface area contributed by atoms with Gasteiger partial charge in [0.05, 0.1) is 12.5 Å². The summed E-state index contributed by atoms with van der Waals surface area (Å²) >= 11 is 0. The van der Waals surface area contributed by atoms with E-state index in [2.05, 4.69) is 5.16 Å². The third-order valence-corrected chi connectivity index (χ3v) is 5.18. The zero-order valence-corrected chi connectivity index (χ0v) is 15.5. The Hall–Kier alpha value is -1.89. The number of fused-ring (bicyclic) bond motifs is 1. The number of hydrogen-bond donors (Lipinski definition) is 0. The summed E-state index contributed by atoms with van der Waals surface area (Å²) in [6.07, 6.45) is 4.53. The van der Waals surface area contributed by atoms with Gasteiger partial charge in [-0.1, -0.05) is 5.16 Å². The van der Waals surface area contributed by atoms with E-state index in [1.807, 2.05) is 19.0 Å². The fourth-order valence-electron chi connectivity index (χ4n) is 3.66. The van der Waals surface area contributed by atoms with E-state index in [9.17, 15) is 9.59 Å². The quantitative estimate of drug-likeness (QED) is 0.765. The van der Waals surface area contributed by atoms with Crippen LogP contribution in [0, 0.1) is 5.92 Å². The second-order valence-electron chi connectivity index (χ2n) is 7.48. The molecule has 1 atom stereocenters.